The average molecular weight is 351 g/mol. The number of carbonyl (C=O) groups is 1. The summed E-state index contributed by atoms with van der Waals surface area (Å²) >= 11 is 0. The summed E-state index contributed by atoms with van der Waals surface area (Å²) in [5, 5.41) is 12.5. The van der Waals surface area contributed by atoms with Gasteiger partial charge in [0.15, 0.2) is 0 Å². The fourth-order valence-electron chi connectivity index (χ4n) is 4.03. The number of hydrogen-bond acceptors (Lipinski definition) is 5. The van der Waals surface area contributed by atoms with E-state index in [0.717, 1.165) is 30.3 Å². The van der Waals surface area contributed by atoms with Crippen LogP contribution in [0, 0.1) is 17.2 Å². The monoisotopic (exact) mass is 351 g/mol. The van der Waals surface area contributed by atoms with Crippen molar-refractivity contribution in [3.05, 3.63) is 35.7 Å². The van der Waals surface area contributed by atoms with Crippen LogP contribution in [0.4, 0.5) is 0 Å². The summed E-state index contributed by atoms with van der Waals surface area (Å²) < 4.78 is 0. The highest BCUT2D eigenvalue weighted by atomic mass is 16.2. The lowest BCUT2D eigenvalue weighted by Crippen LogP contribution is -2.43. The number of nitriles is 1. The first-order valence-electron chi connectivity index (χ1n) is 9.05. The molecule has 1 fully saturated rings. The van der Waals surface area contributed by atoms with E-state index in [9.17, 15) is 10.1 Å². The number of hydrogen-bond donors (Lipinski definition) is 1. The standard InChI is InChI=1S/C20H25N5O/c1-13-8-15(10-16(9-13)24-18(26)12-25(2)3)17-5-4-14(11-21)19-20(17)23-7-6-22-19/h4-7,13,15-16H,8-10,12H2,1-3H3,(H,24,26)/t13-,15-,16-/m1/s1. The molecule has 0 unspecified atom stereocenters. The second-order valence-electron chi connectivity index (χ2n) is 7.58. The number of rotatable bonds is 4. The zero-order valence-electron chi connectivity index (χ0n) is 15.6. The predicted octanol–water partition coefficient (Wildman–Crippen LogP) is 2.45. The zero-order valence-corrected chi connectivity index (χ0v) is 15.6. The summed E-state index contributed by atoms with van der Waals surface area (Å²) in [4.78, 5) is 22.9. The topological polar surface area (TPSA) is 81.9 Å². The third-order valence-electron chi connectivity index (χ3n) is 4.98. The first kappa shape index (κ1) is 18.3. The number of carbonyl (C=O) groups excluding carboxylic acids is 1. The van der Waals surface area contributed by atoms with Gasteiger partial charge < -0.3 is 10.2 Å². The lowest BCUT2D eigenvalue weighted by atomic mass is 9.75. The number of benzene rings is 1. The molecule has 3 rings (SSSR count). The molecule has 6 nitrogen and oxygen atoms in total. The van der Waals surface area contributed by atoms with E-state index in [1.54, 1.807) is 12.4 Å². The Morgan fingerprint density at radius 3 is 2.65 bits per heavy atom. The Bertz CT molecular complexity index is 842. The quantitative estimate of drug-likeness (QED) is 0.915. The Labute approximate surface area is 154 Å². The van der Waals surface area contributed by atoms with Crippen LogP contribution >= 0.6 is 0 Å². The van der Waals surface area contributed by atoms with Crippen LogP contribution in [0.25, 0.3) is 11.0 Å². The van der Waals surface area contributed by atoms with Gasteiger partial charge in [-0.05, 0) is 56.8 Å². The highest BCUT2D eigenvalue weighted by Crippen LogP contribution is 2.38. The lowest BCUT2D eigenvalue weighted by Gasteiger charge is -2.34. The Morgan fingerprint density at radius 2 is 1.96 bits per heavy atom. The molecule has 1 aliphatic rings. The van der Waals surface area contributed by atoms with E-state index in [1.165, 1.54) is 0 Å². The molecule has 1 saturated carbocycles. The number of fused-ring (bicyclic) bond motifs is 1. The summed E-state index contributed by atoms with van der Waals surface area (Å²) in [6.45, 7) is 2.63. The second kappa shape index (κ2) is 7.79. The van der Waals surface area contributed by atoms with Crippen molar-refractivity contribution in [2.24, 2.45) is 5.92 Å². The van der Waals surface area contributed by atoms with E-state index in [4.69, 9.17) is 0 Å². The molecular formula is C20H25N5O. The van der Waals surface area contributed by atoms with Crippen molar-refractivity contribution >= 4 is 16.9 Å². The van der Waals surface area contributed by atoms with Crippen LogP contribution in [0.1, 0.15) is 43.2 Å². The molecule has 1 heterocycles. The molecule has 1 amide bonds. The summed E-state index contributed by atoms with van der Waals surface area (Å²) in [7, 11) is 3.79. The summed E-state index contributed by atoms with van der Waals surface area (Å²) in [5.74, 6) is 0.883. The molecule has 0 saturated heterocycles. The van der Waals surface area contributed by atoms with E-state index in [0.29, 0.717) is 29.5 Å². The van der Waals surface area contributed by atoms with E-state index in [2.05, 4.69) is 28.3 Å². The highest BCUT2D eigenvalue weighted by Gasteiger charge is 2.30. The molecule has 0 radical (unpaired) electrons. The van der Waals surface area contributed by atoms with E-state index >= 15 is 0 Å². The molecule has 0 aliphatic heterocycles. The first-order chi connectivity index (χ1) is 12.5. The lowest BCUT2D eigenvalue weighted by molar-refractivity contribution is -0.122. The SMILES string of the molecule is C[C@H]1C[C@@H](NC(=O)CN(C)C)C[C@H](c2ccc(C#N)c3nccnc23)C1. The van der Waals surface area contributed by atoms with Gasteiger partial charge in [0.05, 0.1) is 17.6 Å². The minimum Gasteiger partial charge on any atom is -0.352 e. The van der Waals surface area contributed by atoms with Crippen molar-refractivity contribution in [2.45, 2.75) is 38.1 Å². The van der Waals surface area contributed by atoms with Crippen molar-refractivity contribution in [1.82, 2.24) is 20.2 Å². The molecule has 26 heavy (non-hydrogen) atoms. The Kier molecular flexibility index (Phi) is 5.48. The largest absolute Gasteiger partial charge is 0.352 e. The number of likely N-dealkylation sites (N-methyl/N-ethyl adjacent to an activating group) is 1. The summed E-state index contributed by atoms with van der Waals surface area (Å²) in [5.41, 5.74) is 3.16. The first-order valence-corrected chi connectivity index (χ1v) is 9.05. The van der Waals surface area contributed by atoms with Crippen LogP contribution in [-0.4, -0.2) is 47.5 Å². The molecule has 1 aromatic heterocycles. The van der Waals surface area contributed by atoms with Gasteiger partial charge in [-0.2, -0.15) is 5.26 Å². The van der Waals surface area contributed by atoms with Gasteiger partial charge in [-0.25, -0.2) is 0 Å². The van der Waals surface area contributed by atoms with Crippen molar-refractivity contribution in [3.8, 4) is 6.07 Å². The maximum atomic E-state index is 12.2. The molecule has 6 heteroatoms. The third-order valence-corrected chi connectivity index (χ3v) is 4.98. The molecule has 3 atom stereocenters. The number of amides is 1. The number of aromatic nitrogens is 2. The Morgan fingerprint density at radius 1 is 1.23 bits per heavy atom. The van der Waals surface area contributed by atoms with Crippen LogP contribution in [0.5, 0.6) is 0 Å². The van der Waals surface area contributed by atoms with Crippen molar-refractivity contribution in [1.29, 1.82) is 5.26 Å². The van der Waals surface area contributed by atoms with Gasteiger partial charge in [0, 0.05) is 18.4 Å². The van der Waals surface area contributed by atoms with Gasteiger partial charge in [-0.3, -0.25) is 14.8 Å². The van der Waals surface area contributed by atoms with E-state index < -0.39 is 0 Å². The predicted molar refractivity (Wildman–Crippen MR) is 100 cm³/mol. The molecule has 0 spiro atoms. The smallest absolute Gasteiger partial charge is 0.234 e. The molecule has 1 aromatic carbocycles. The van der Waals surface area contributed by atoms with E-state index in [-0.39, 0.29) is 11.9 Å². The van der Waals surface area contributed by atoms with Crippen LogP contribution < -0.4 is 5.32 Å². The van der Waals surface area contributed by atoms with E-state index in [1.807, 2.05) is 31.1 Å². The van der Waals surface area contributed by atoms with Crippen LogP contribution in [0.2, 0.25) is 0 Å². The fraction of sp³-hybridized carbons (Fsp3) is 0.500. The van der Waals surface area contributed by atoms with Crippen molar-refractivity contribution < 1.29 is 4.79 Å². The average Bonchev–Trinajstić information content (AvgIpc) is 2.59. The normalized spacial score (nSPS) is 23.0. The maximum Gasteiger partial charge on any atom is 0.234 e. The minimum atomic E-state index is 0.0670. The van der Waals surface area contributed by atoms with Crippen molar-refractivity contribution in [2.75, 3.05) is 20.6 Å². The number of nitrogens with one attached hydrogen (secondary N) is 1. The van der Waals surface area contributed by atoms with Gasteiger partial charge in [0.1, 0.15) is 11.6 Å². The minimum absolute atomic E-state index is 0.0670. The van der Waals surface area contributed by atoms with Crippen LogP contribution in [0.3, 0.4) is 0 Å². The fourth-order valence-corrected chi connectivity index (χ4v) is 4.03. The summed E-state index contributed by atoms with van der Waals surface area (Å²) in [6, 6.07) is 6.21. The molecule has 1 N–H and O–H groups in total. The molecule has 2 aromatic rings. The van der Waals surface area contributed by atoms with Gasteiger partial charge in [0.2, 0.25) is 5.91 Å². The van der Waals surface area contributed by atoms with Gasteiger partial charge in [-0.15, -0.1) is 0 Å². The Hall–Kier alpha value is -2.52. The third kappa shape index (κ3) is 4.00. The molecule has 1 aliphatic carbocycles. The highest BCUT2D eigenvalue weighted by molar-refractivity contribution is 5.84. The van der Waals surface area contributed by atoms with Crippen LogP contribution in [-0.2, 0) is 4.79 Å². The molecule has 136 valence electrons. The van der Waals surface area contributed by atoms with Gasteiger partial charge in [0.25, 0.3) is 0 Å². The second-order valence-corrected chi connectivity index (χ2v) is 7.58. The zero-order chi connectivity index (χ0) is 18.7. The van der Waals surface area contributed by atoms with Crippen LogP contribution in [0.15, 0.2) is 24.5 Å². The van der Waals surface area contributed by atoms with Gasteiger partial charge in [-0.1, -0.05) is 13.0 Å². The summed E-state index contributed by atoms with van der Waals surface area (Å²) in [6.07, 6.45) is 6.24. The Balaban J connectivity index is 1.86. The molecular weight excluding hydrogens is 326 g/mol. The maximum absolute atomic E-state index is 12.2. The van der Waals surface area contributed by atoms with Gasteiger partial charge >= 0.3 is 0 Å². The molecule has 0 bridgehead atoms. The number of nitrogens with zero attached hydrogens (tertiary/aromatic N) is 4. The van der Waals surface area contributed by atoms with Crippen molar-refractivity contribution in [3.63, 3.8) is 0 Å².